The maximum atomic E-state index is 13.2. The lowest BCUT2D eigenvalue weighted by Crippen LogP contribution is -2.42. The second-order valence-electron chi connectivity index (χ2n) is 5.94. The number of hydrogen-bond acceptors (Lipinski definition) is 3. The van der Waals surface area contributed by atoms with E-state index in [1.807, 2.05) is 12.1 Å². The van der Waals surface area contributed by atoms with Gasteiger partial charge in [0.25, 0.3) is 0 Å². The van der Waals surface area contributed by atoms with Gasteiger partial charge in [-0.1, -0.05) is 12.1 Å². The Bertz CT molecular complexity index is 779. The number of ether oxygens (including phenoxy) is 2. The number of benzene rings is 2. The molecule has 132 valence electrons. The van der Waals surface area contributed by atoms with E-state index in [1.165, 1.54) is 12.1 Å². The van der Waals surface area contributed by atoms with Crippen LogP contribution in [0.15, 0.2) is 36.4 Å². The van der Waals surface area contributed by atoms with Crippen molar-refractivity contribution in [2.45, 2.75) is 19.5 Å². The van der Waals surface area contributed by atoms with Gasteiger partial charge in [0.15, 0.2) is 11.5 Å². The predicted octanol–water partition coefficient (Wildman–Crippen LogP) is 3.11. The highest BCUT2D eigenvalue weighted by atomic mass is 19.1. The van der Waals surface area contributed by atoms with Crippen LogP contribution in [0, 0.1) is 5.82 Å². The molecule has 2 aromatic rings. The van der Waals surface area contributed by atoms with Gasteiger partial charge in [-0.2, -0.15) is 0 Å². The Hall–Kier alpha value is -2.76. The summed E-state index contributed by atoms with van der Waals surface area (Å²) >= 11 is 0. The predicted molar refractivity (Wildman–Crippen MR) is 92.3 cm³/mol. The number of halogens is 1. The molecule has 0 bridgehead atoms. The molecular weight excluding hydrogens is 323 g/mol. The van der Waals surface area contributed by atoms with Crippen molar-refractivity contribution in [1.29, 1.82) is 0 Å². The van der Waals surface area contributed by atoms with Gasteiger partial charge in [-0.25, -0.2) is 9.18 Å². The van der Waals surface area contributed by atoms with Crippen LogP contribution in [0.2, 0.25) is 0 Å². The Kier molecular flexibility index (Phi) is 5.07. The van der Waals surface area contributed by atoms with Crippen molar-refractivity contribution in [3.05, 3.63) is 58.9 Å². The first-order chi connectivity index (χ1) is 12.1. The molecule has 0 aromatic heterocycles. The molecular formula is C19H21FN2O3. The highest BCUT2D eigenvalue weighted by Gasteiger charge is 2.22. The number of hydrogen-bond donors (Lipinski definition) is 1. The van der Waals surface area contributed by atoms with Crippen LogP contribution in [0.3, 0.4) is 0 Å². The van der Waals surface area contributed by atoms with E-state index >= 15 is 0 Å². The molecule has 5 nitrogen and oxygen atoms in total. The largest absolute Gasteiger partial charge is 0.493 e. The van der Waals surface area contributed by atoms with E-state index in [4.69, 9.17) is 9.47 Å². The third kappa shape index (κ3) is 3.84. The van der Waals surface area contributed by atoms with Gasteiger partial charge in [0, 0.05) is 19.6 Å². The number of amides is 2. The average molecular weight is 344 g/mol. The van der Waals surface area contributed by atoms with Crippen molar-refractivity contribution in [3.63, 3.8) is 0 Å². The third-order valence-corrected chi connectivity index (χ3v) is 4.34. The van der Waals surface area contributed by atoms with E-state index in [0.717, 1.165) is 23.1 Å². The van der Waals surface area contributed by atoms with Crippen LogP contribution in [0.1, 0.15) is 16.7 Å². The van der Waals surface area contributed by atoms with Gasteiger partial charge >= 0.3 is 6.03 Å². The lowest BCUT2D eigenvalue weighted by molar-refractivity contribution is 0.191. The third-order valence-electron chi connectivity index (χ3n) is 4.34. The highest BCUT2D eigenvalue weighted by molar-refractivity contribution is 5.74. The maximum absolute atomic E-state index is 13.2. The summed E-state index contributed by atoms with van der Waals surface area (Å²) in [5.74, 6) is 1.05. The van der Waals surface area contributed by atoms with Crippen molar-refractivity contribution in [1.82, 2.24) is 10.2 Å². The number of fused-ring (bicyclic) bond motifs is 1. The molecule has 0 aliphatic carbocycles. The molecule has 2 aromatic carbocycles. The zero-order valence-corrected chi connectivity index (χ0v) is 14.3. The second kappa shape index (κ2) is 7.42. The number of nitrogens with zero attached hydrogens (tertiary/aromatic N) is 1. The smallest absolute Gasteiger partial charge is 0.317 e. The molecule has 0 radical (unpaired) electrons. The zero-order valence-electron chi connectivity index (χ0n) is 14.3. The summed E-state index contributed by atoms with van der Waals surface area (Å²) in [6, 6.07) is 9.94. The number of carbonyl (C=O) groups excluding carboxylic acids is 1. The molecule has 6 heteroatoms. The van der Waals surface area contributed by atoms with Crippen molar-refractivity contribution < 1.29 is 18.7 Å². The van der Waals surface area contributed by atoms with E-state index in [1.54, 1.807) is 31.3 Å². The molecule has 1 aliphatic heterocycles. The molecule has 0 atom stereocenters. The van der Waals surface area contributed by atoms with Crippen LogP contribution in [-0.2, 0) is 19.5 Å². The minimum Gasteiger partial charge on any atom is -0.493 e. The van der Waals surface area contributed by atoms with Crippen LogP contribution in [0.4, 0.5) is 9.18 Å². The summed E-state index contributed by atoms with van der Waals surface area (Å²) in [6.45, 7) is 1.42. The molecule has 0 fully saturated rings. The Balaban J connectivity index is 1.66. The summed E-state index contributed by atoms with van der Waals surface area (Å²) < 4.78 is 23.9. The summed E-state index contributed by atoms with van der Waals surface area (Å²) in [5, 5.41) is 2.84. The van der Waals surface area contributed by atoms with Gasteiger partial charge in [0.1, 0.15) is 5.82 Å². The molecule has 0 saturated heterocycles. The van der Waals surface area contributed by atoms with E-state index in [2.05, 4.69) is 5.32 Å². The van der Waals surface area contributed by atoms with E-state index in [0.29, 0.717) is 31.1 Å². The SMILES string of the molecule is COc1cc2c(cc1OC)CN(C(=O)NCc1cccc(F)c1)CC2. The fraction of sp³-hybridized carbons (Fsp3) is 0.316. The number of nitrogens with one attached hydrogen (secondary N) is 1. The molecule has 0 spiro atoms. The Morgan fingerprint density at radius 1 is 1.16 bits per heavy atom. The lowest BCUT2D eigenvalue weighted by atomic mass is 9.99. The van der Waals surface area contributed by atoms with Gasteiger partial charge in [-0.3, -0.25) is 0 Å². The molecule has 25 heavy (non-hydrogen) atoms. The normalized spacial score (nSPS) is 13.2. The van der Waals surface area contributed by atoms with Crippen LogP contribution in [-0.4, -0.2) is 31.7 Å². The molecule has 1 heterocycles. The second-order valence-corrected chi connectivity index (χ2v) is 5.94. The first kappa shape index (κ1) is 17.1. The van der Waals surface area contributed by atoms with E-state index in [9.17, 15) is 9.18 Å². The Morgan fingerprint density at radius 2 is 1.88 bits per heavy atom. The molecule has 0 unspecified atom stereocenters. The molecule has 1 aliphatic rings. The van der Waals surface area contributed by atoms with E-state index in [-0.39, 0.29) is 11.8 Å². The van der Waals surface area contributed by atoms with Crippen LogP contribution >= 0.6 is 0 Å². The van der Waals surface area contributed by atoms with Crippen molar-refractivity contribution >= 4 is 6.03 Å². The topological polar surface area (TPSA) is 50.8 Å². The fourth-order valence-corrected chi connectivity index (χ4v) is 2.99. The number of methoxy groups -OCH3 is 2. The Labute approximate surface area is 146 Å². The summed E-state index contributed by atoms with van der Waals surface area (Å²) in [6.07, 6.45) is 0.753. The maximum Gasteiger partial charge on any atom is 0.317 e. The van der Waals surface area contributed by atoms with Gasteiger partial charge < -0.3 is 19.7 Å². The summed E-state index contributed by atoms with van der Waals surface area (Å²) in [4.78, 5) is 14.2. The molecule has 1 N–H and O–H groups in total. The monoisotopic (exact) mass is 344 g/mol. The van der Waals surface area contributed by atoms with Gasteiger partial charge in [0.2, 0.25) is 0 Å². The summed E-state index contributed by atoms with van der Waals surface area (Å²) in [7, 11) is 3.20. The number of urea groups is 1. The van der Waals surface area contributed by atoms with Crippen molar-refractivity contribution in [2.24, 2.45) is 0 Å². The minimum atomic E-state index is -0.306. The zero-order chi connectivity index (χ0) is 17.8. The average Bonchev–Trinajstić information content (AvgIpc) is 2.64. The standard InChI is InChI=1S/C19H21FN2O3/c1-24-17-9-14-6-7-22(12-15(14)10-18(17)25-2)19(23)21-11-13-4-3-5-16(20)8-13/h3-5,8-10H,6-7,11-12H2,1-2H3,(H,21,23). The quantitative estimate of drug-likeness (QED) is 0.927. The van der Waals surface area contributed by atoms with Crippen molar-refractivity contribution in [3.8, 4) is 11.5 Å². The van der Waals surface area contributed by atoms with Crippen LogP contribution < -0.4 is 14.8 Å². The molecule has 0 saturated carbocycles. The van der Waals surface area contributed by atoms with Crippen LogP contribution in [0.5, 0.6) is 11.5 Å². The minimum absolute atomic E-state index is 0.162. The Morgan fingerprint density at radius 3 is 2.56 bits per heavy atom. The lowest BCUT2D eigenvalue weighted by Gasteiger charge is -2.29. The number of rotatable bonds is 4. The van der Waals surface area contributed by atoms with Gasteiger partial charge in [-0.05, 0) is 47.4 Å². The molecule has 3 rings (SSSR count). The first-order valence-electron chi connectivity index (χ1n) is 8.11. The molecule has 2 amide bonds. The fourth-order valence-electron chi connectivity index (χ4n) is 2.99. The van der Waals surface area contributed by atoms with Gasteiger partial charge in [-0.15, -0.1) is 0 Å². The number of carbonyl (C=O) groups is 1. The summed E-state index contributed by atoms with van der Waals surface area (Å²) in [5.41, 5.74) is 2.94. The van der Waals surface area contributed by atoms with Gasteiger partial charge in [0.05, 0.1) is 14.2 Å². The van der Waals surface area contributed by atoms with Crippen LogP contribution in [0.25, 0.3) is 0 Å². The van der Waals surface area contributed by atoms with E-state index < -0.39 is 0 Å². The van der Waals surface area contributed by atoms with Crippen molar-refractivity contribution in [2.75, 3.05) is 20.8 Å². The highest BCUT2D eigenvalue weighted by Crippen LogP contribution is 2.33. The first-order valence-corrected chi connectivity index (χ1v) is 8.11.